The maximum Gasteiger partial charge on any atom is 0.119 e. The second kappa shape index (κ2) is 11.1. The van der Waals surface area contributed by atoms with Crippen LogP contribution in [0.2, 0.25) is 0 Å². The summed E-state index contributed by atoms with van der Waals surface area (Å²) in [6.07, 6.45) is 0. The van der Waals surface area contributed by atoms with Gasteiger partial charge in [0.1, 0.15) is 5.75 Å². The van der Waals surface area contributed by atoms with E-state index in [1.165, 1.54) is 33.2 Å². The van der Waals surface area contributed by atoms with Crippen molar-refractivity contribution in [3.8, 4) is 17.0 Å². The van der Waals surface area contributed by atoms with Crippen LogP contribution in [0.25, 0.3) is 22.0 Å². The molecule has 0 aliphatic carbocycles. The molecular weight excluding hydrogens is 464 g/mol. The Kier molecular flexibility index (Phi) is 7.46. The van der Waals surface area contributed by atoms with Gasteiger partial charge in [-0.25, -0.2) is 0 Å². The summed E-state index contributed by atoms with van der Waals surface area (Å²) < 4.78 is 5.68. The number of fused-ring (bicyclic) bond motifs is 1. The van der Waals surface area contributed by atoms with Crippen molar-refractivity contribution in [3.63, 3.8) is 0 Å². The van der Waals surface area contributed by atoms with E-state index in [9.17, 15) is 0 Å². The molecule has 3 nitrogen and oxygen atoms in total. The molecule has 5 aromatic rings. The second-order valence-electron chi connectivity index (χ2n) is 10.5. The summed E-state index contributed by atoms with van der Waals surface area (Å²) >= 11 is 0. The second-order valence-corrected chi connectivity index (χ2v) is 10.5. The first-order valence-electron chi connectivity index (χ1n) is 13.4. The van der Waals surface area contributed by atoms with Crippen LogP contribution in [0.5, 0.6) is 5.75 Å². The predicted molar refractivity (Wildman–Crippen MR) is 160 cm³/mol. The van der Waals surface area contributed by atoms with Crippen LogP contribution in [0.1, 0.15) is 68.0 Å². The van der Waals surface area contributed by atoms with E-state index < -0.39 is 0 Å². The zero-order chi connectivity index (χ0) is 26.6. The van der Waals surface area contributed by atoms with Crippen LogP contribution < -0.4 is 10.1 Å². The molecular formula is C35H36N2O. The molecule has 1 unspecified atom stereocenters. The van der Waals surface area contributed by atoms with Gasteiger partial charge in [0.25, 0.3) is 0 Å². The molecule has 38 heavy (non-hydrogen) atoms. The fourth-order valence-corrected chi connectivity index (χ4v) is 5.18. The highest BCUT2D eigenvalue weighted by Gasteiger charge is 2.23. The van der Waals surface area contributed by atoms with Gasteiger partial charge in [-0.15, -0.1) is 0 Å². The number of ether oxygens (including phenoxy) is 1. The van der Waals surface area contributed by atoms with Crippen molar-refractivity contribution in [2.45, 2.75) is 45.6 Å². The molecule has 1 N–H and O–H groups in total. The van der Waals surface area contributed by atoms with Crippen LogP contribution in [0.3, 0.4) is 0 Å². The highest BCUT2D eigenvalue weighted by molar-refractivity contribution is 5.95. The van der Waals surface area contributed by atoms with Crippen molar-refractivity contribution in [2.24, 2.45) is 0 Å². The number of rotatable bonds is 8. The lowest BCUT2D eigenvalue weighted by Crippen LogP contribution is -2.17. The maximum absolute atomic E-state index is 5.68. The van der Waals surface area contributed by atoms with Gasteiger partial charge in [0.15, 0.2) is 0 Å². The van der Waals surface area contributed by atoms with Gasteiger partial charge in [-0.05, 0) is 63.6 Å². The molecule has 1 heterocycles. The Morgan fingerprint density at radius 2 is 1.32 bits per heavy atom. The highest BCUT2D eigenvalue weighted by atomic mass is 16.5. The van der Waals surface area contributed by atoms with Gasteiger partial charge in [-0.3, -0.25) is 4.98 Å². The maximum atomic E-state index is 5.68. The van der Waals surface area contributed by atoms with E-state index >= 15 is 0 Å². The summed E-state index contributed by atoms with van der Waals surface area (Å²) in [7, 11) is 1.74. The number of anilines is 1. The van der Waals surface area contributed by atoms with Crippen LogP contribution in [0.15, 0.2) is 103 Å². The molecule has 0 bridgehead atoms. The number of aromatic nitrogens is 1. The van der Waals surface area contributed by atoms with E-state index in [2.05, 4.69) is 136 Å². The number of nitrogens with one attached hydrogen (secondary N) is 1. The Hall–Kier alpha value is -4.11. The molecule has 1 aromatic heterocycles. The zero-order valence-electron chi connectivity index (χ0n) is 22.9. The standard InChI is InChI=1S/C35H36N2O/c1-23(2)30-21-27(38-5)22-31(24(3)4)35(30)37-34(26-14-7-6-8-15-26)33-20-12-19-32(36-33)29-18-11-16-25-13-9-10-17-28(25)29/h6-24,34,37H,1-5H3. The molecule has 3 heteroatoms. The van der Waals surface area contributed by atoms with Crippen LogP contribution in [-0.2, 0) is 0 Å². The van der Waals surface area contributed by atoms with Gasteiger partial charge < -0.3 is 10.1 Å². The average molecular weight is 501 g/mol. The molecule has 0 aliphatic heterocycles. The minimum absolute atomic E-state index is 0.116. The molecule has 0 radical (unpaired) electrons. The lowest BCUT2D eigenvalue weighted by atomic mass is 9.90. The third-order valence-corrected chi connectivity index (χ3v) is 7.21. The van der Waals surface area contributed by atoms with E-state index in [4.69, 9.17) is 9.72 Å². The number of benzene rings is 4. The van der Waals surface area contributed by atoms with E-state index in [1.54, 1.807) is 7.11 Å². The van der Waals surface area contributed by atoms with Crippen molar-refractivity contribution in [1.82, 2.24) is 4.98 Å². The van der Waals surface area contributed by atoms with Gasteiger partial charge in [0, 0.05) is 11.3 Å². The Balaban J connectivity index is 1.66. The third-order valence-electron chi connectivity index (χ3n) is 7.21. The van der Waals surface area contributed by atoms with Gasteiger partial charge in [-0.2, -0.15) is 0 Å². The lowest BCUT2D eigenvalue weighted by Gasteiger charge is -2.27. The van der Waals surface area contributed by atoms with Crippen molar-refractivity contribution < 1.29 is 4.74 Å². The fourth-order valence-electron chi connectivity index (χ4n) is 5.18. The predicted octanol–water partition coefficient (Wildman–Crippen LogP) is 9.36. The molecule has 1 atom stereocenters. The molecule has 0 amide bonds. The normalized spacial score (nSPS) is 12.2. The SMILES string of the molecule is COc1cc(C(C)C)c(NC(c2ccccc2)c2cccc(-c3cccc4ccccc34)n2)c(C(C)C)c1. The number of pyridine rings is 1. The van der Waals surface area contributed by atoms with E-state index in [-0.39, 0.29) is 6.04 Å². The van der Waals surface area contributed by atoms with Crippen molar-refractivity contribution >= 4 is 16.5 Å². The lowest BCUT2D eigenvalue weighted by molar-refractivity contribution is 0.413. The number of nitrogens with zero attached hydrogens (tertiary/aromatic N) is 1. The molecule has 5 rings (SSSR count). The van der Waals surface area contributed by atoms with Gasteiger partial charge >= 0.3 is 0 Å². The minimum atomic E-state index is -0.116. The quantitative estimate of drug-likeness (QED) is 0.230. The van der Waals surface area contributed by atoms with Gasteiger partial charge in [-0.1, -0.05) is 107 Å². The van der Waals surface area contributed by atoms with Crippen LogP contribution in [0.4, 0.5) is 5.69 Å². The summed E-state index contributed by atoms with van der Waals surface area (Å²) in [5.74, 6) is 1.56. The first-order valence-corrected chi connectivity index (χ1v) is 13.4. The first kappa shape index (κ1) is 25.5. The zero-order valence-corrected chi connectivity index (χ0v) is 22.9. The summed E-state index contributed by atoms with van der Waals surface area (Å²) in [5.41, 5.74) is 7.95. The monoisotopic (exact) mass is 500 g/mol. The summed E-state index contributed by atoms with van der Waals surface area (Å²) in [6, 6.07) is 36.1. The Morgan fingerprint density at radius 3 is 2.00 bits per heavy atom. The molecule has 0 fully saturated rings. The average Bonchev–Trinajstić information content (AvgIpc) is 2.95. The third kappa shape index (κ3) is 5.15. The minimum Gasteiger partial charge on any atom is -0.497 e. The molecule has 0 aliphatic rings. The van der Waals surface area contributed by atoms with Crippen LogP contribution in [-0.4, -0.2) is 12.1 Å². The summed E-state index contributed by atoms with van der Waals surface area (Å²) in [6.45, 7) is 8.95. The smallest absolute Gasteiger partial charge is 0.119 e. The molecule has 0 saturated heterocycles. The highest BCUT2D eigenvalue weighted by Crippen LogP contribution is 2.39. The van der Waals surface area contributed by atoms with Gasteiger partial charge in [0.05, 0.1) is 24.5 Å². The van der Waals surface area contributed by atoms with Crippen LogP contribution >= 0.6 is 0 Å². The number of hydrogen-bond donors (Lipinski definition) is 1. The van der Waals surface area contributed by atoms with E-state index in [0.29, 0.717) is 11.8 Å². The Bertz CT molecular complexity index is 1500. The van der Waals surface area contributed by atoms with Crippen molar-refractivity contribution in [3.05, 3.63) is 126 Å². The molecule has 0 saturated carbocycles. The van der Waals surface area contributed by atoms with E-state index in [1.807, 2.05) is 0 Å². The molecule has 192 valence electrons. The topological polar surface area (TPSA) is 34.1 Å². The first-order chi connectivity index (χ1) is 18.5. The van der Waals surface area contributed by atoms with Gasteiger partial charge in [0.2, 0.25) is 0 Å². The number of hydrogen-bond acceptors (Lipinski definition) is 3. The van der Waals surface area contributed by atoms with E-state index in [0.717, 1.165) is 22.7 Å². The largest absolute Gasteiger partial charge is 0.497 e. The van der Waals surface area contributed by atoms with Crippen molar-refractivity contribution in [1.29, 1.82) is 0 Å². The molecule has 0 spiro atoms. The fraction of sp³-hybridized carbons (Fsp3) is 0.229. The Labute approximate surface area is 226 Å². The van der Waals surface area contributed by atoms with Crippen molar-refractivity contribution in [2.75, 3.05) is 12.4 Å². The summed E-state index contributed by atoms with van der Waals surface area (Å²) in [5, 5.41) is 6.39. The summed E-state index contributed by atoms with van der Waals surface area (Å²) in [4.78, 5) is 5.26. The Morgan fingerprint density at radius 1 is 0.684 bits per heavy atom. The number of methoxy groups -OCH3 is 1. The molecule has 4 aromatic carbocycles. The van der Waals surface area contributed by atoms with Crippen LogP contribution in [0, 0.1) is 0 Å².